The van der Waals surface area contributed by atoms with Crippen molar-refractivity contribution < 1.29 is 24.1 Å². The lowest BCUT2D eigenvalue weighted by atomic mass is 9.95. The summed E-state index contributed by atoms with van der Waals surface area (Å²) in [5, 5.41) is 19.2. The van der Waals surface area contributed by atoms with Gasteiger partial charge < -0.3 is 23.9 Å². The minimum absolute atomic E-state index is 0.0725. The lowest BCUT2D eigenvalue weighted by molar-refractivity contribution is 0.0602. The highest BCUT2D eigenvalue weighted by Gasteiger charge is 2.33. The van der Waals surface area contributed by atoms with Gasteiger partial charge in [-0.3, -0.25) is 0 Å². The number of hydrogen-bond donors (Lipinski definition) is 1. The summed E-state index contributed by atoms with van der Waals surface area (Å²) in [5.41, 5.74) is 3.06. The van der Waals surface area contributed by atoms with E-state index in [4.69, 9.17) is 14.2 Å². The second-order valence-corrected chi connectivity index (χ2v) is 6.69. The molecule has 0 amide bonds. The zero-order chi connectivity index (χ0) is 21.3. The first-order valence-electron chi connectivity index (χ1n) is 9.34. The van der Waals surface area contributed by atoms with Crippen molar-refractivity contribution in [3.05, 3.63) is 53.6 Å². The third-order valence-electron chi connectivity index (χ3n) is 5.09. The number of nitrogens with zero attached hydrogens (tertiary/aromatic N) is 3. The van der Waals surface area contributed by atoms with Gasteiger partial charge in [-0.25, -0.2) is 4.79 Å². The van der Waals surface area contributed by atoms with Gasteiger partial charge in [-0.1, -0.05) is 18.2 Å². The molecule has 1 aliphatic heterocycles. The number of ether oxygens (including phenoxy) is 3. The second kappa shape index (κ2) is 7.90. The van der Waals surface area contributed by atoms with Gasteiger partial charge >= 0.3 is 5.97 Å². The summed E-state index contributed by atoms with van der Waals surface area (Å²) >= 11 is 0. The quantitative estimate of drug-likeness (QED) is 0.491. The molecular weight excluding hydrogens is 386 g/mol. The monoisotopic (exact) mass is 407 g/mol. The van der Waals surface area contributed by atoms with E-state index in [1.54, 1.807) is 37.0 Å². The molecule has 0 spiro atoms. The lowest BCUT2D eigenvalue weighted by Gasteiger charge is -2.22. The largest absolute Gasteiger partial charge is 0.493 e. The van der Waals surface area contributed by atoms with Gasteiger partial charge in [0.1, 0.15) is 5.56 Å². The minimum Gasteiger partial charge on any atom is -0.493 e. The van der Waals surface area contributed by atoms with E-state index in [1.807, 2.05) is 24.3 Å². The van der Waals surface area contributed by atoms with Crippen LogP contribution in [0.15, 0.2) is 52.7 Å². The highest BCUT2D eigenvalue weighted by atomic mass is 16.5. The van der Waals surface area contributed by atoms with Crippen molar-refractivity contribution in [2.24, 2.45) is 10.2 Å². The van der Waals surface area contributed by atoms with Gasteiger partial charge in [-0.15, -0.1) is 5.11 Å². The van der Waals surface area contributed by atoms with Crippen LogP contribution in [0.2, 0.25) is 0 Å². The average molecular weight is 407 g/mol. The van der Waals surface area contributed by atoms with Gasteiger partial charge in [0.05, 0.1) is 32.7 Å². The Labute approximate surface area is 173 Å². The molecule has 4 rings (SSSR count). The number of benzene rings is 2. The molecule has 1 aliphatic rings. The zero-order valence-electron chi connectivity index (χ0n) is 16.9. The van der Waals surface area contributed by atoms with Crippen LogP contribution < -0.4 is 9.47 Å². The van der Waals surface area contributed by atoms with Crippen molar-refractivity contribution in [2.75, 3.05) is 21.3 Å². The average Bonchev–Trinajstić information content (AvgIpc) is 3.08. The summed E-state index contributed by atoms with van der Waals surface area (Å²) in [7, 11) is 4.41. The Morgan fingerprint density at radius 3 is 2.40 bits per heavy atom. The molecule has 0 unspecified atom stereocenters. The predicted molar refractivity (Wildman–Crippen MR) is 110 cm³/mol. The van der Waals surface area contributed by atoms with Gasteiger partial charge in [0, 0.05) is 12.1 Å². The molecule has 0 aliphatic carbocycles. The van der Waals surface area contributed by atoms with E-state index >= 15 is 0 Å². The van der Waals surface area contributed by atoms with Gasteiger partial charge in [-0.05, 0) is 36.2 Å². The van der Waals surface area contributed by atoms with Crippen LogP contribution in [0.3, 0.4) is 0 Å². The molecule has 0 saturated carbocycles. The molecule has 8 heteroatoms. The Bertz CT molecular complexity index is 1140. The summed E-state index contributed by atoms with van der Waals surface area (Å²) in [4.78, 5) is 12.7. The molecule has 8 nitrogen and oxygen atoms in total. The lowest BCUT2D eigenvalue weighted by Crippen LogP contribution is -2.13. The molecule has 0 atom stereocenters. The minimum atomic E-state index is -0.608. The zero-order valence-corrected chi connectivity index (χ0v) is 16.9. The van der Waals surface area contributed by atoms with Crippen LogP contribution >= 0.6 is 0 Å². The molecule has 2 heterocycles. The van der Waals surface area contributed by atoms with Crippen molar-refractivity contribution in [1.29, 1.82) is 0 Å². The standard InChI is InChI=1S/C22H21N3O5/c1-28-16-11-13-9-10-25-20(15(13)12-17(16)29-2)18(22(27)30-3)19(21(25)26)24-23-14-7-5-4-6-8-14/h4-8,11-12,26H,9-10H2,1-3H3. The van der Waals surface area contributed by atoms with E-state index in [0.29, 0.717) is 35.8 Å². The van der Waals surface area contributed by atoms with Crippen LogP contribution in [0.25, 0.3) is 11.3 Å². The van der Waals surface area contributed by atoms with Gasteiger partial charge in [0.2, 0.25) is 5.88 Å². The Balaban J connectivity index is 1.94. The smallest absolute Gasteiger partial charge is 0.342 e. The van der Waals surface area contributed by atoms with E-state index in [1.165, 1.54) is 7.11 Å². The van der Waals surface area contributed by atoms with Crippen molar-refractivity contribution in [3.63, 3.8) is 0 Å². The van der Waals surface area contributed by atoms with E-state index in [0.717, 1.165) is 11.1 Å². The normalized spacial score (nSPS) is 12.4. The summed E-state index contributed by atoms with van der Waals surface area (Å²) in [6.07, 6.45) is 0.640. The van der Waals surface area contributed by atoms with Gasteiger partial charge in [0.15, 0.2) is 17.2 Å². The number of carbonyl (C=O) groups excluding carboxylic acids is 1. The fourth-order valence-corrected chi connectivity index (χ4v) is 3.66. The molecular formula is C22H21N3O5. The Kier molecular flexibility index (Phi) is 5.14. The molecule has 0 radical (unpaired) electrons. The molecule has 1 aromatic heterocycles. The fourth-order valence-electron chi connectivity index (χ4n) is 3.66. The SMILES string of the molecule is COC(=O)c1c(N=Nc2ccccc2)c(O)n2c1-c1cc(OC)c(OC)cc1CC2. The fraction of sp³-hybridized carbons (Fsp3) is 0.227. The van der Waals surface area contributed by atoms with Gasteiger partial charge in [-0.2, -0.15) is 5.11 Å². The Morgan fingerprint density at radius 1 is 1.03 bits per heavy atom. The van der Waals surface area contributed by atoms with Crippen molar-refractivity contribution >= 4 is 17.3 Å². The van der Waals surface area contributed by atoms with Gasteiger partial charge in [0.25, 0.3) is 0 Å². The van der Waals surface area contributed by atoms with E-state index in [9.17, 15) is 9.90 Å². The number of aromatic hydroxyl groups is 1. The molecule has 2 aromatic carbocycles. The van der Waals surface area contributed by atoms with Crippen molar-refractivity contribution in [2.45, 2.75) is 13.0 Å². The van der Waals surface area contributed by atoms with Crippen LogP contribution in [0.5, 0.6) is 17.4 Å². The topological polar surface area (TPSA) is 94.6 Å². The number of methoxy groups -OCH3 is 3. The first kappa shape index (κ1) is 19.5. The number of esters is 1. The van der Waals surface area contributed by atoms with E-state index in [2.05, 4.69) is 10.2 Å². The number of azo groups is 1. The number of carbonyl (C=O) groups is 1. The molecule has 0 fully saturated rings. The summed E-state index contributed by atoms with van der Waals surface area (Å²) in [6.45, 7) is 0.467. The van der Waals surface area contributed by atoms with Crippen LogP contribution in [-0.4, -0.2) is 37.0 Å². The number of hydrogen-bond acceptors (Lipinski definition) is 7. The predicted octanol–water partition coefficient (Wildman–Crippen LogP) is 4.64. The third-order valence-corrected chi connectivity index (χ3v) is 5.09. The van der Waals surface area contributed by atoms with E-state index < -0.39 is 5.97 Å². The highest BCUT2D eigenvalue weighted by Crippen LogP contribution is 2.48. The molecule has 0 saturated heterocycles. The molecule has 3 aromatic rings. The maximum atomic E-state index is 12.7. The summed E-state index contributed by atoms with van der Waals surface area (Å²) < 4.78 is 17.5. The first-order chi connectivity index (χ1) is 14.6. The first-order valence-corrected chi connectivity index (χ1v) is 9.34. The van der Waals surface area contributed by atoms with Crippen LogP contribution in [-0.2, 0) is 17.7 Å². The maximum Gasteiger partial charge on any atom is 0.342 e. The molecule has 154 valence electrons. The molecule has 1 N–H and O–H groups in total. The Hall–Kier alpha value is -3.81. The number of fused-ring (bicyclic) bond motifs is 3. The molecule has 0 bridgehead atoms. The van der Waals surface area contributed by atoms with Crippen LogP contribution in [0.1, 0.15) is 15.9 Å². The van der Waals surface area contributed by atoms with Crippen LogP contribution in [0, 0.1) is 0 Å². The summed E-state index contributed by atoms with van der Waals surface area (Å²) in [6, 6.07) is 12.8. The number of aryl methyl sites for hydroxylation is 1. The number of rotatable bonds is 5. The second-order valence-electron chi connectivity index (χ2n) is 6.69. The summed E-state index contributed by atoms with van der Waals surface area (Å²) in [5.74, 6) is 0.381. The third kappa shape index (κ3) is 3.16. The maximum absolute atomic E-state index is 12.7. The van der Waals surface area contributed by atoms with Crippen LogP contribution in [0.4, 0.5) is 11.4 Å². The highest BCUT2D eigenvalue weighted by molar-refractivity contribution is 6.04. The molecule has 30 heavy (non-hydrogen) atoms. The Morgan fingerprint density at radius 2 is 1.73 bits per heavy atom. The van der Waals surface area contributed by atoms with Crippen molar-refractivity contribution in [1.82, 2.24) is 4.57 Å². The van der Waals surface area contributed by atoms with Crippen molar-refractivity contribution in [3.8, 4) is 28.6 Å². The van der Waals surface area contributed by atoms with E-state index in [-0.39, 0.29) is 17.1 Å². The number of aromatic nitrogens is 1.